The zero-order chi connectivity index (χ0) is 19.8. The Morgan fingerprint density at radius 3 is 2.83 bits per heavy atom. The predicted molar refractivity (Wildman–Crippen MR) is 110 cm³/mol. The Kier molecular flexibility index (Phi) is 4.61. The van der Waals surface area contributed by atoms with Crippen LogP contribution in [0.3, 0.4) is 0 Å². The summed E-state index contributed by atoms with van der Waals surface area (Å²) in [6, 6.07) is 2.02. The molecule has 8 nitrogen and oxygen atoms in total. The van der Waals surface area contributed by atoms with E-state index >= 15 is 0 Å². The summed E-state index contributed by atoms with van der Waals surface area (Å²) >= 11 is 1.42. The van der Waals surface area contributed by atoms with E-state index in [0.717, 1.165) is 53.6 Å². The maximum atomic E-state index is 12.6. The second-order valence-corrected chi connectivity index (χ2v) is 8.25. The number of hydrogen-bond acceptors (Lipinski definition) is 6. The number of aliphatic hydroxyl groups is 1. The molecule has 1 aliphatic carbocycles. The quantitative estimate of drug-likeness (QED) is 0.481. The van der Waals surface area contributed by atoms with Crippen molar-refractivity contribution in [2.45, 2.75) is 37.8 Å². The van der Waals surface area contributed by atoms with Crippen molar-refractivity contribution in [3.05, 3.63) is 47.3 Å². The van der Waals surface area contributed by atoms with Gasteiger partial charge in [-0.05, 0) is 42.7 Å². The molecule has 0 aromatic carbocycles. The molecular formula is C20H20N6O2S. The van der Waals surface area contributed by atoms with Crippen molar-refractivity contribution in [1.82, 2.24) is 30.1 Å². The smallest absolute Gasteiger partial charge is 0.261 e. The molecule has 29 heavy (non-hydrogen) atoms. The number of rotatable bonds is 4. The van der Waals surface area contributed by atoms with Crippen molar-refractivity contribution >= 4 is 22.9 Å². The second kappa shape index (κ2) is 7.41. The summed E-state index contributed by atoms with van der Waals surface area (Å²) in [5.74, 6) is -0.0608. The molecule has 4 aromatic heterocycles. The van der Waals surface area contributed by atoms with Crippen LogP contribution in [-0.2, 0) is 0 Å². The van der Waals surface area contributed by atoms with E-state index in [1.165, 1.54) is 11.3 Å². The van der Waals surface area contributed by atoms with Crippen molar-refractivity contribution < 1.29 is 9.90 Å². The minimum Gasteiger partial charge on any atom is -0.393 e. The van der Waals surface area contributed by atoms with Gasteiger partial charge in [-0.25, -0.2) is 9.50 Å². The summed E-state index contributed by atoms with van der Waals surface area (Å²) in [5, 5.41) is 25.9. The number of carbonyl (C=O) groups is 1. The molecule has 4 heterocycles. The van der Waals surface area contributed by atoms with Crippen LogP contribution >= 0.6 is 11.3 Å². The van der Waals surface area contributed by atoms with Gasteiger partial charge in [0.1, 0.15) is 0 Å². The van der Waals surface area contributed by atoms with Gasteiger partial charge in [0.25, 0.3) is 5.91 Å². The minimum atomic E-state index is -0.228. The maximum Gasteiger partial charge on any atom is 0.261 e. The number of thiophene rings is 1. The first-order valence-electron chi connectivity index (χ1n) is 9.58. The van der Waals surface area contributed by atoms with E-state index in [0.29, 0.717) is 4.88 Å². The monoisotopic (exact) mass is 408 g/mol. The topological polar surface area (TPSA) is 108 Å². The van der Waals surface area contributed by atoms with Gasteiger partial charge in [0.2, 0.25) is 0 Å². The third-order valence-corrected chi connectivity index (χ3v) is 6.28. The first-order valence-corrected chi connectivity index (χ1v) is 10.5. The van der Waals surface area contributed by atoms with E-state index in [-0.39, 0.29) is 18.1 Å². The third-order valence-electron chi connectivity index (χ3n) is 5.35. The van der Waals surface area contributed by atoms with Crippen molar-refractivity contribution in [1.29, 1.82) is 0 Å². The van der Waals surface area contributed by atoms with Crippen LogP contribution in [0.1, 0.15) is 35.4 Å². The summed E-state index contributed by atoms with van der Waals surface area (Å²) in [6.07, 6.45) is 11.9. The molecule has 0 saturated heterocycles. The molecule has 9 heteroatoms. The van der Waals surface area contributed by atoms with E-state index in [1.807, 2.05) is 23.8 Å². The summed E-state index contributed by atoms with van der Waals surface area (Å²) in [5.41, 5.74) is 4.42. The lowest BCUT2D eigenvalue weighted by atomic mass is 9.93. The molecule has 0 bridgehead atoms. The molecule has 4 aromatic rings. The highest BCUT2D eigenvalue weighted by atomic mass is 32.1. The number of amides is 1. The third kappa shape index (κ3) is 3.54. The number of aromatic nitrogens is 5. The van der Waals surface area contributed by atoms with Crippen LogP contribution in [-0.4, -0.2) is 48.0 Å². The largest absolute Gasteiger partial charge is 0.393 e. The van der Waals surface area contributed by atoms with Gasteiger partial charge in [-0.15, -0.1) is 11.3 Å². The fourth-order valence-electron chi connectivity index (χ4n) is 3.71. The van der Waals surface area contributed by atoms with E-state index in [1.54, 1.807) is 23.1 Å². The molecule has 0 spiro atoms. The Labute approximate surface area is 170 Å². The molecule has 0 aliphatic heterocycles. The SMILES string of the molecule is O=C(N[C@H]1CC[C@H](O)CC1)c1cc(-c2cnn3cc(-c4cn[nH]c4)cnc23)cs1. The molecule has 5 rings (SSSR count). The highest BCUT2D eigenvalue weighted by Crippen LogP contribution is 2.29. The van der Waals surface area contributed by atoms with Gasteiger partial charge < -0.3 is 10.4 Å². The Balaban J connectivity index is 1.36. The highest BCUT2D eigenvalue weighted by molar-refractivity contribution is 7.12. The lowest BCUT2D eigenvalue weighted by Crippen LogP contribution is -2.38. The van der Waals surface area contributed by atoms with Gasteiger partial charge in [0.05, 0.1) is 23.4 Å². The zero-order valence-corrected chi connectivity index (χ0v) is 16.4. The Bertz CT molecular complexity index is 1140. The normalized spacial score (nSPS) is 19.5. The average Bonchev–Trinajstić information content (AvgIpc) is 3.49. The Morgan fingerprint density at radius 2 is 2.03 bits per heavy atom. The summed E-state index contributed by atoms with van der Waals surface area (Å²) in [7, 11) is 0. The van der Waals surface area contributed by atoms with Gasteiger partial charge in [-0.3, -0.25) is 9.89 Å². The molecule has 1 fully saturated rings. The number of carbonyl (C=O) groups excluding carboxylic acids is 1. The number of fused-ring (bicyclic) bond motifs is 1. The van der Waals surface area contributed by atoms with Crippen LogP contribution in [0.15, 0.2) is 42.4 Å². The number of H-pyrrole nitrogens is 1. The number of hydrogen-bond donors (Lipinski definition) is 3. The molecular weight excluding hydrogens is 388 g/mol. The van der Waals surface area contributed by atoms with Gasteiger partial charge in [-0.2, -0.15) is 10.2 Å². The molecule has 0 radical (unpaired) electrons. The second-order valence-electron chi connectivity index (χ2n) is 7.33. The van der Waals surface area contributed by atoms with Crippen LogP contribution in [0.4, 0.5) is 0 Å². The molecule has 148 valence electrons. The van der Waals surface area contributed by atoms with Crippen LogP contribution < -0.4 is 5.32 Å². The molecule has 0 atom stereocenters. The Morgan fingerprint density at radius 1 is 1.17 bits per heavy atom. The van der Waals surface area contributed by atoms with Gasteiger partial charge in [-0.1, -0.05) is 0 Å². The maximum absolute atomic E-state index is 12.6. The van der Waals surface area contributed by atoms with Gasteiger partial charge >= 0.3 is 0 Å². The number of nitrogens with one attached hydrogen (secondary N) is 2. The van der Waals surface area contributed by atoms with Crippen LogP contribution in [0.25, 0.3) is 27.9 Å². The van der Waals surface area contributed by atoms with E-state index in [9.17, 15) is 9.90 Å². The van der Waals surface area contributed by atoms with E-state index in [4.69, 9.17) is 0 Å². The zero-order valence-electron chi connectivity index (χ0n) is 15.6. The van der Waals surface area contributed by atoms with Crippen LogP contribution in [0.2, 0.25) is 0 Å². The van der Waals surface area contributed by atoms with E-state index in [2.05, 4.69) is 25.6 Å². The molecule has 0 unspecified atom stereocenters. The Hall–Kier alpha value is -3.04. The number of nitrogens with zero attached hydrogens (tertiary/aromatic N) is 4. The summed E-state index contributed by atoms with van der Waals surface area (Å²) in [4.78, 5) is 17.8. The first kappa shape index (κ1) is 18.0. The summed E-state index contributed by atoms with van der Waals surface area (Å²) in [6.45, 7) is 0. The standard InChI is InChI=1S/C20H20N6O2S/c27-16-3-1-15(2-4-16)25-20(28)18-5-12(11-29-18)17-9-24-26-10-14(6-21-19(17)26)13-7-22-23-8-13/h5-11,15-16,27H,1-4H2,(H,22,23)(H,25,28)/t15-,16-. The predicted octanol–water partition coefficient (Wildman–Crippen LogP) is 2.88. The van der Waals surface area contributed by atoms with Crippen LogP contribution in [0, 0.1) is 0 Å². The molecule has 1 amide bonds. The number of aliphatic hydroxyl groups excluding tert-OH is 1. The molecule has 1 saturated carbocycles. The van der Waals surface area contributed by atoms with Gasteiger partial charge in [0, 0.05) is 41.3 Å². The van der Waals surface area contributed by atoms with Crippen molar-refractivity contribution in [3.8, 4) is 22.3 Å². The molecule has 1 aliphatic rings. The van der Waals surface area contributed by atoms with Crippen LogP contribution in [0.5, 0.6) is 0 Å². The minimum absolute atomic E-state index is 0.0608. The highest BCUT2D eigenvalue weighted by Gasteiger charge is 2.22. The molecule has 3 N–H and O–H groups in total. The average molecular weight is 408 g/mol. The fraction of sp³-hybridized carbons (Fsp3) is 0.300. The number of aromatic amines is 1. The lowest BCUT2D eigenvalue weighted by molar-refractivity contribution is 0.0871. The fourth-order valence-corrected chi connectivity index (χ4v) is 4.52. The van der Waals surface area contributed by atoms with Crippen molar-refractivity contribution in [3.63, 3.8) is 0 Å². The van der Waals surface area contributed by atoms with E-state index < -0.39 is 0 Å². The van der Waals surface area contributed by atoms with Crippen molar-refractivity contribution in [2.24, 2.45) is 0 Å². The van der Waals surface area contributed by atoms with Crippen molar-refractivity contribution in [2.75, 3.05) is 0 Å². The first-order chi connectivity index (χ1) is 14.2. The summed E-state index contributed by atoms with van der Waals surface area (Å²) < 4.78 is 1.74. The van der Waals surface area contributed by atoms with Gasteiger partial charge in [0.15, 0.2) is 5.65 Å². The lowest BCUT2D eigenvalue weighted by Gasteiger charge is -2.25.